The van der Waals surface area contributed by atoms with Gasteiger partial charge in [-0.3, -0.25) is 4.90 Å². The lowest BCUT2D eigenvalue weighted by Crippen LogP contribution is -2.57. The van der Waals surface area contributed by atoms with Crippen LogP contribution in [-0.4, -0.2) is 44.5 Å². The minimum atomic E-state index is -2.85. The third-order valence-electron chi connectivity index (χ3n) is 4.84. The first kappa shape index (κ1) is 14.0. The monoisotopic (exact) mass is 294 g/mol. The maximum atomic E-state index is 11.7. The molecule has 1 atom stereocenters. The smallest absolute Gasteiger partial charge is 0.152 e. The molecule has 4 nitrogen and oxygen atoms in total. The Balaban J connectivity index is 1.97. The van der Waals surface area contributed by atoms with Crippen molar-refractivity contribution >= 4 is 9.84 Å². The molecule has 1 aromatic rings. The van der Waals surface area contributed by atoms with Gasteiger partial charge in [-0.15, -0.1) is 0 Å². The minimum Gasteiger partial charge on any atom is -0.328 e. The number of nitrogens with zero attached hydrogens (tertiary/aromatic N) is 1. The number of aryl methyl sites for hydroxylation is 1. The molecule has 1 unspecified atom stereocenters. The molecule has 1 saturated heterocycles. The predicted molar refractivity (Wildman–Crippen MR) is 80.3 cm³/mol. The molecule has 5 heteroatoms. The van der Waals surface area contributed by atoms with Crippen molar-refractivity contribution < 1.29 is 8.42 Å². The third kappa shape index (κ3) is 2.28. The Morgan fingerprint density at radius 2 is 1.90 bits per heavy atom. The molecule has 0 radical (unpaired) electrons. The molecule has 1 heterocycles. The summed E-state index contributed by atoms with van der Waals surface area (Å²) in [5.74, 6) is 0.522. The highest BCUT2D eigenvalue weighted by Crippen LogP contribution is 2.40. The van der Waals surface area contributed by atoms with Gasteiger partial charge in [0.1, 0.15) is 0 Å². The average molecular weight is 294 g/mol. The summed E-state index contributed by atoms with van der Waals surface area (Å²) in [5.41, 5.74) is 8.68. The van der Waals surface area contributed by atoms with E-state index in [4.69, 9.17) is 5.73 Å². The standard InChI is InChI=1S/C15H22N2O2S/c16-12-15(17-8-10-20(18,19)11-9-17)7-3-5-13-4-1-2-6-14(13)15/h1-2,4,6H,3,5,7-12,16H2. The van der Waals surface area contributed by atoms with Crippen LogP contribution in [0, 0.1) is 0 Å². The van der Waals surface area contributed by atoms with Crippen molar-refractivity contribution in [1.82, 2.24) is 4.90 Å². The largest absolute Gasteiger partial charge is 0.328 e. The Bertz CT molecular complexity index is 586. The molecule has 0 saturated carbocycles. The van der Waals surface area contributed by atoms with Gasteiger partial charge in [0.2, 0.25) is 0 Å². The molecule has 0 bridgehead atoms. The van der Waals surface area contributed by atoms with Gasteiger partial charge in [-0.25, -0.2) is 8.42 Å². The summed E-state index contributed by atoms with van der Waals surface area (Å²) >= 11 is 0. The van der Waals surface area contributed by atoms with Crippen LogP contribution in [0.4, 0.5) is 0 Å². The van der Waals surface area contributed by atoms with Crippen molar-refractivity contribution in [3.05, 3.63) is 35.4 Å². The highest BCUT2D eigenvalue weighted by Gasteiger charge is 2.42. The van der Waals surface area contributed by atoms with E-state index in [-0.39, 0.29) is 17.0 Å². The van der Waals surface area contributed by atoms with E-state index >= 15 is 0 Å². The first-order valence-electron chi connectivity index (χ1n) is 7.31. The quantitative estimate of drug-likeness (QED) is 0.880. The van der Waals surface area contributed by atoms with Gasteiger partial charge in [0.15, 0.2) is 9.84 Å². The van der Waals surface area contributed by atoms with E-state index in [1.165, 1.54) is 11.1 Å². The van der Waals surface area contributed by atoms with E-state index in [0.717, 1.165) is 19.3 Å². The minimum absolute atomic E-state index is 0.162. The maximum absolute atomic E-state index is 11.7. The molecule has 1 aliphatic heterocycles. The number of sulfone groups is 1. The van der Waals surface area contributed by atoms with E-state index in [0.29, 0.717) is 19.6 Å². The van der Waals surface area contributed by atoms with E-state index in [2.05, 4.69) is 29.2 Å². The lowest BCUT2D eigenvalue weighted by molar-refractivity contribution is 0.0835. The molecule has 110 valence electrons. The first-order valence-corrected chi connectivity index (χ1v) is 9.13. The van der Waals surface area contributed by atoms with Crippen LogP contribution in [0.3, 0.4) is 0 Å². The Morgan fingerprint density at radius 1 is 1.20 bits per heavy atom. The van der Waals surface area contributed by atoms with Crippen molar-refractivity contribution in [2.75, 3.05) is 31.1 Å². The number of nitrogens with two attached hydrogens (primary N) is 1. The zero-order chi connectivity index (χ0) is 14.2. The second-order valence-electron chi connectivity index (χ2n) is 5.89. The van der Waals surface area contributed by atoms with Gasteiger partial charge >= 0.3 is 0 Å². The molecule has 20 heavy (non-hydrogen) atoms. The highest BCUT2D eigenvalue weighted by molar-refractivity contribution is 7.91. The molecule has 0 spiro atoms. The molecule has 1 fully saturated rings. The second kappa shape index (κ2) is 5.13. The van der Waals surface area contributed by atoms with Crippen LogP contribution >= 0.6 is 0 Å². The number of fused-ring (bicyclic) bond motifs is 1. The van der Waals surface area contributed by atoms with Crippen molar-refractivity contribution in [3.63, 3.8) is 0 Å². The van der Waals surface area contributed by atoms with E-state index in [1.54, 1.807) is 0 Å². The van der Waals surface area contributed by atoms with Crippen LogP contribution in [-0.2, 0) is 21.8 Å². The van der Waals surface area contributed by atoms with Crippen LogP contribution in [0.1, 0.15) is 24.0 Å². The lowest BCUT2D eigenvalue weighted by Gasteiger charge is -2.48. The summed E-state index contributed by atoms with van der Waals surface area (Å²) < 4.78 is 23.3. The summed E-state index contributed by atoms with van der Waals surface area (Å²) in [6.45, 7) is 1.77. The zero-order valence-electron chi connectivity index (χ0n) is 11.7. The Morgan fingerprint density at radius 3 is 2.60 bits per heavy atom. The number of rotatable bonds is 2. The van der Waals surface area contributed by atoms with Gasteiger partial charge in [-0.1, -0.05) is 24.3 Å². The Hall–Kier alpha value is -0.910. The van der Waals surface area contributed by atoms with Crippen molar-refractivity contribution in [3.8, 4) is 0 Å². The molecule has 3 rings (SSSR count). The van der Waals surface area contributed by atoms with Crippen LogP contribution in [0.25, 0.3) is 0 Å². The van der Waals surface area contributed by atoms with Crippen LogP contribution in [0.15, 0.2) is 24.3 Å². The summed E-state index contributed by atoms with van der Waals surface area (Å²) in [4.78, 5) is 2.31. The second-order valence-corrected chi connectivity index (χ2v) is 8.19. The highest BCUT2D eigenvalue weighted by atomic mass is 32.2. The average Bonchev–Trinajstić information content (AvgIpc) is 2.46. The molecular weight excluding hydrogens is 272 g/mol. The number of hydrogen-bond acceptors (Lipinski definition) is 4. The van der Waals surface area contributed by atoms with Gasteiger partial charge in [0.25, 0.3) is 0 Å². The summed E-state index contributed by atoms with van der Waals surface area (Å²) in [7, 11) is -2.85. The molecular formula is C15H22N2O2S. The normalized spacial score (nSPS) is 29.9. The predicted octanol–water partition coefficient (Wildman–Crippen LogP) is 0.907. The molecule has 1 aromatic carbocycles. The van der Waals surface area contributed by atoms with Crippen molar-refractivity contribution in [2.45, 2.75) is 24.8 Å². The molecule has 0 amide bonds. The van der Waals surface area contributed by atoms with E-state index in [9.17, 15) is 8.42 Å². The van der Waals surface area contributed by atoms with Gasteiger partial charge in [-0.05, 0) is 30.4 Å². The summed E-state index contributed by atoms with van der Waals surface area (Å²) in [6.07, 6.45) is 3.25. The van der Waals surface area contributed by atoms with Gasteiger partial charge < -0.3 is 5.73 Å². The fourth-order valence-corrected chi connectivity index (χ4v) is 4.91. The van der Waals surface area contributed by atoms with Gasteiger partial charge in [0.05, 0.1) is 17.0 Å². The maximum Gasteiger partial charge on any atom is 0.152 e. The fraction of sp³-hybridized carbons (Fsp3) is 0.600. The summed E-state index contributed by atoms with van der Waals surface area (Å²) in [5, 5.41) is 0. The van der Waals surface area contributed by atoms with E-state index in [1.807, 2.05) is 0 Å². The first-order chi connectivity index (χ1) is 9.57. The van der Waals surface area contributed by atoms with Crippen molar-refractivity contribution in [2.24, 2.45) is 5.73 Å². The molecule has 0 aromatic heterocycles. The SMILES string of the molecule is NCC1(N2CCS(=O)(=O)CC2)CCCc2ccccc21. The van der Waals surface area contributed by atoms with E-state index < -0.39 is 9.84 Å². The van der Waals surface area contributed by atoms with Gasteiger partial charge in [-0.2, -0.15) is 0 Å². The van der Waals surface area contributed by atoms with Gasteiger partial charge in [0, 0.05) is 19.6 Å². The number of hydrogen-bond donors (Lipinski definition) is 1. The Labute approximate surface area is 120 Å². The van der Waals surface area contributed by atoms with Crippen LogP contribution < -0.4 is 5.73 Å². The molecule has 2 N–H and O–H groups in total. The lowest BCUT2D eigenvalue weighted by atomic mass is 9.75. The van der Waals surface area contributed by atoms with Crippen molar-refractivity contribution in [1.29, 1.82) is 0 Å². The van der Waals surface area contributed by atoms with Crippen LogP contribution in [0.5, 0.6) is 0 Å². The fourth-order valence-electron chi connectivity index (χ4n) is 3.71. The molecule has 2 aliphatic rings. The molecule has 1 aliphatic carbocycles. The van der Waals surface area contributed by atoms with Crippen LogP contribution in [0.2, 0.25) is 0 Å². The number of benzene rings is 1. The third-order valence-corrected chi connectivity index (χ3v) is 6.45. The summed E-state index contributed by atoms with van der Waals surface area (Å²) in [6, 6.07) is 8.49. The Kier molecular flexibility index (Phi) is 3.60. The topological polar surface area (TPSA) is 63.4 Å². The zero-order valence-corrected chi connectivity index (χ0v) is 12.5.